The van der Waals surface area contributed by atoms with Crippen molar-refractivity contribution < 1.29 is 13.2 Å². The second-order valence-corrected chi connectivity index (χ2v) is 6.94. The SMILES string of the molecule is O=C(CCNS(=O)(=O)C1CCNC1)N1CCCC1. The van der Waals surface area contributed by atoms with E-state index in [1.165, 1.54) is 0 Å². The van der Waals surface area contributed by atoms with Gasteiger partial charge in [0.1, 0.15) is 0 Å². The van der Waals surface area contributed by atoms with Crippen LogP contribution in [0.1, 0.15) is 25.7 Å². The fourth-order valence-electron chi connectivity index (χ4n) is 2.44. The van der Waals surface area contributed by atoms with E-state index in [0.29, 0.717) is 13.0 Å². The van der Waals surface area contributed by atoms with Gasteiger partial charge in [-0.25, -0.2) is 13.1 Å². The lowest BCUT2D eigenvalue weighted by atomic mass is 10.4. The van der Waals surface area contributed by atoms with Gasteiger partial charge in [0.05, 0.1) is 5.25 Å². The number of nitrogens with zero attached hydrogens (tertiary/aromatic N) is 1. The molecule has 1 amide bonds. The fourth-order valence-corrected chi connectivity index (χ4v) is 3.82. The Balaban J connectivity index is 1.72. The molecule has 18 heavy (non-hydrogen) atoms. The van der Waals surface area contributed by atoms with E-state index in [-0.39, 0.29) is 24.1 Å². The molecule has 0 spiro atoms. The van der Waals surface area contributed by atoms with Gasteiger partial charge >= 0.3 is 0 Å². The average molecular weight is 275 g/mol. The number of hydrogen-bond acceptors (Lipinski definition) is 4. The Kier molecular flexibility index (Phi) is 4.58. The Hall–Kier alpha value is -0.660. The summed E-state index contributed by atoms with van der Waals surface area (Å²) in [7, 11) is -3.26. The minimum Gasteiger partial charge on any atom is -0.343 e. The van der Waals surface area contributed by atoms with Crippen molar-refractivity contribution in [1.29, 1.82) is 0 Å². The number of amides is 1. The van der Waals surface area contributed by atoms with Crippen LogP contribution in [-0.4, -0.2) is 57.2 Å². The summed E-state index contributed by atoms with van der Waals surface area (Å²) in [6.45, 7) is 3.11. The Bertz CT molecular complexity index is 384. The first-order valence-electron chi connectivity index (χ1n) is 6.56. The molecule has 1 atom stereocenters. The van der Waals surface area contributed by atoms with Gasteiger partial charge in [0, 0.05) is 32.6 Å². The van der Waals surface area contributed by atoms with Crippen LogP contribution in [0.4, 0.5) is 0 Å². The van der Waals surface area contributed by atoms with Gasteiger partial charge in [-0.1, -0.05) is 0 Å². The largest absolute Gasteiger partial charge is 0.343 e. The first-order chi connectivity index (χ1) is 8.59. The van der Waals surface area contributed by atoms with Crippen molar-refractivity contribution in [3.63, 3.8) is 0 Å². The topological polar surface area (TPSA) is 78.5 Å². The van der Waals surface area contributed by atoms with Gasteiger partial charge in [-0.05, 0) is 25.8 Å². The highest BCUT2D eigenvalue weighted by atomic mass is 32.2. The van der Waals surface area contributed by atoms with E-state index < -0.39 is 10.0 Å². The van der Waals surface area contributed by atoms with Crippen LogP contribution in [0.25, 0.3) is 0 Å². The van der Waals surface area contributed by atoms with Gasteiger partial charge in [-0.2, -0.15) is 0 Å². The van der Waals surface area contributed by atoms with Crippen LogP contribution in [0.2, 0.25) is 0 Å². The minimum absolute atomic E-state index is 0.0553. The molecule has 0 aromatic heterocycles. The molecule has 0 aromatic carbocycles. The van der Waals surface area contributed by atoms with E-state index in [0.717, 1.165) is 32.5 Å². The first kappa shape index (κ1) is 13.8. The molecule has 2 saturated heterocycles. The monoisotopic (exact) mass is 275 g/mol. The Morgan fingerprint density at radius 1 is 1.33 bits per heavy atom. The Morgan fingerprint density at radius 2 is 2.06 bits per heavy atom. The van der Waals surface area contributed by atoms with E-state index >= 15 is 0 Å². The standard InChI is InChI=1S/C11H21N3O3S/c15-11(14-7-1-2-8-14)4-6-13-18(16,17)10-3-5-12-9-10/h10,12-13H,1-9H2. The van der Waals surface area contributed by atoms with Gasteiger partial charge in [0.15, 0.2) is 0 Å². The van der Waals surface area contributed by atoms with Crippen molar-refractivity contribution >= 4 is 15.9 Å². The molecule has 2 heterocycles. The number of rotatable bonds is 5. The van der Waals surface area contributed by atoms with Crippen molar-refractivity contribution in [2.45, 2.75) is 30.9 Å². The summed E-state index contributed by atoms with van der Waals surface area (Å²) in [5.41, 5.74) is 0. The number of carbonyl (C=O) groups is 1. The minimum atomic E-state index is -3.26. The maximum Gasteiger partial charge on any atom is 0.223 e. The highest BCUT2D eigenvalue weighted by Gasteiger charge is 2.28. The predicted molar refractivity (Wildman–Crippen MR) is 68.6 cm³/mol. The van der Waals surface area contributed by atoms with Crippen molar-refractivity contribution in [3.8, 4) is 0 Å². The molecule has 2 aliphatic heterocycles. The van der Waals surface area contributed by atoms with Crippen molar-refractivity contribution in [2.75, 3.05) is 32.7 Å². The highest BCUT2D eigenvalue weighted by Crippen LogP contribution is 2.10. The fraction of sp³-hybridized carbons (Fsp3) is 0.909. The molecular formula is C11H21N3O3S. The number of hydrogen-bond donors (Lipinski definition) is 2. The van der Waals surface area contributed by atoms with Crippen molar-refractivity contribution in [2.24, 2.45) is 0 Å². The molecule has 2 N–H and O–H groups in total. The summed E-state index contributed by atoms with van der Waals surface area (Å²) in [5.74, 6) is 0.0553. The van der Waals surface area contributed by atoms with Gasteiger partial charge in [-0.15, -0.1) is 0 Å². The van der Waals surface area contributed by atoms with Crippen LogP contribution < -0.4 is 10.0 Å². The van der Waals surface area contributed by atoms with E-state index in [2.05, 4.69) is 10.0 Å². The number of sulfonamides is 1. The summed E-state index contributed by atoms with van der Waals surface area (Å²) >= 11 is 0. The first-order valence-corrected chi connectivity index (χ1v) is 8.11. The molecule has 1 unspecified atom stereocenters. The second kappa shape index (κ2) is 5.99. The van der Waals surface area contributed by atoms with Crippen molar-refractivity contribution in [3.05, 3.63) is 0 Å². The predicted octanol–water partition coefficient (Wildman–Crippen LogP) is -0.720. The van der Waals surface area contributed by atoms with Crippen LogP contribution in [0, 0.1) is 0 Å². The lowest BCUT2D eigenvalue weighted by Crippen LogP contribution is -2.38. The molecule has 0 radical (unpaired) electrons. The Labute approximate surface area is 108 Å². The molecule has 2 rings (SSSR count). The maximum atomic E-state index is 11.9. The highest BCUT2D eigenvalue weighted by molar-refractivity contribution is 7.90. The van der Waals surface area contributed by atoms with Gasteiger partial charge in [0.2, 0.25) is 15.9 Å². The zero-order valence-electron chi connectivity index (χ0n) is 10.5. The normalized spacial score (nSPS) is 24.7. The third-order valence-electron chi connectivity index (χ3n) is 3.55. The summed E-state index contributed by atoms with van der Waals surface area (Å²) in [6, 6.07) is 0. The molecular weight excluding hydrogens is 254 g/mol. The van der Waals surface area contributed by atoms with Crippen LogP contribution in [0.15, 0.2) is 0 Å². The third kappa shape index (κ3) is 3.43. The molecule has 0 aliphatic carbocycles. The lowest BCUT2D eigenvalue weighted by molar-refractivity contribution is -0.129. The maximum absolute atomic E-state index is 11.9. The van der Waals surface area contributed by atoms with Crippen LogP contribution in [0.5, 0.6) is 0 Å². The molecule has 7 heteroatoms. The van der Waals surface area contributed by atoms with Crippen molar-refractivity contribution in [1.82, 2.24) is 14.9 Å². The second-order valence-electron chi connectivity index (χ2n) is 4.89. The molecule has 104 valence electrons. The van der Waals surface area contributed by atoms with Gasteiger partial charge in [0.25, 0.3) is 0 Å². The number of likely N-dealkylation sites (tertiary alicyclic amines) is 1. The van der Waals surface area contributed by atoms with Gasteiger partial charge in [-0.3, -0.25) is 4.79 Å². The van der Waals surface area contributed by atoms with Gasteiger partial charge < -0.3 is 10.2 Å². The summed E-state index contributed by atoms with van der Waals surface area (Å²) < 4.78 is 26.3. The molecule has 2 aliphatic rings. The van der Waals surface area contributed by atoms with Crippen LogP contribution >= 0.6 is 0 Å². The van der Waals surface area contributed by atoms with E-state index in [1.54, 1.807) is 0 Å². The quantitative estimate of drug-likeness (QED) is 0.694. The summed E-state index contributed by atoms with van der Waals surface area (Å²) in [5, 5.41) is 2.68. The Morgan fingerprint density at radius 3 is 2.67 bits per heavy atom. The molecule has 0 bridgehead atoms. The van der Waals surface area contributed by atoms with Crippen LogP contribution in [0.3, 0.4) is 0 Å². The zero-order valence-corrected chi connectivity index (χ0v) is 11.3. The molecule has 0 saturated carbocycles. The smallest absolute Gasteiger partial charge is 0.223 e. The summed E-state index contributed by atoms with van der Waals surface area (Å²) in [6.07, 6.45) is 3.03. The van der Waals surface area contributed by atoms with E-state index in [9.17, 15) is 13.2 Å². The van der Waals surface area contributed by atoms with Crippen LogP contribution in [-0.2, 0) is 14.8 Å². The third-order valence-corrected chi connectivity index (χ3v) is 5.44. The average Bonchev–Trinajstić information content (AvgIpc) is 3.02. The van der Waals surface area contributed by atoms with E-state index in [1.807, 2.05) is 4.90 Å². The summed E-state index contributed by atoms with van der Waals surface area (Å²) in [4.78, 5) is 13.5. The molecule has 0 aromatic rings. The number of nitrogens with one attached hydrogen (secondary N) is 2. The molecule has 6 nitrogen and oxygen atoms in total. The lowest BCUT2D eigenvalue weighted by Gasteiger charge is -2.16. The number of carbonyl (C=O) groups excluding carboxylic acids is 1. The van der Waals surface area contributed by atoms with E-state index in [4.69, 9.17) is 0 Å². The molecule has 2 fully saturated rings. The zero-order chi connectivity index (χ0) is 13.0.